The summed E-state index contributed by atoms with van der Waals surface area (Å²) < 4.78 is 0. The van der Waals surface area contributed by atoms with Gasteiger partial charge in [-0.2, -0.15) is 0 Å². The van der Waals surface area contributed by atoms with E-state index in [1.54, 1.807) is 12.1 Å². The molecule has 0 saturated heterocycles. The van der Waals surface area contributed by atoms with Crippen molar-refractivity contribution >= 4 is 17.7 Å². The largest absolute Gasteiger partial charge is 0.478 e. The van der Waals surface area contributed by atoms with Crippen molar-refractivity contribution in [1.29, 1.82) is 0 Å². The van der Waals surface area contributed by atoms with Crippen LogP contribution in [0.1, 0.15) is 60.6 Å². The van der Waals surface area contributed by atoms with Crippen molar-refractivity contribution < 1.29 is 24.6 Å². The molecule has 0 amide bonds. The van der Waals surface area contributed by atoms with Gasteiger partial charge in [-0.25, -0.2) is 9.59 Å². The van der Waals surface area contributed by atoms with Crippen LogP contribution in [0.5, 0.6) is 0 Å². The average molecular weight is 324 g/mol. The molecule has 0 aromatic heterocycles. The molecule has 5 nitrogen and oxygen atoms in total. The van der Waals surface area contributed by atoms with E-state index in [9.17, 15) is 19.5 Å². The first-order valence-electron chi connectivity index (χ1n) is 7.74. The molecule has 2 N–H and O–H groups in total. The standard InChI is InChI=1S/C19H16O5/c20-17(13-6-5-11-3-1-2-4-12(11)9-13)16-10-14(18(21)22)7-8-15(16)19(23)24/h5-10H,1-4H2,(H,21,22)(H,23,24). The van der Waals surface area contributed by atoms with Crippen LogP contribution >= 0.6 is 0 Å². The minimum absolute atomic E-state index is 0.0989. The molecular weight excluding hydrogens is 308 g/mol. The Labute approximate surface area is 138 Å². The van der Waals surface area contributed by atoms with Crippen molar-refractivity contribution in [1.82, 2.24) is 0 Å². The van der Waals surface area contributed by atoms with E-state index in [1.807, 2.05) is 6.07 Å². The highest BCUT2D eigenvalue weighted by atomic mass is 16.4. The van der Waals surface area contributed by atoms with Crippen molar-refractivity contribution in [3.05, 3.63) is 69.8 Å². The number of rotatable bonds is 4. The van der Waals surface area contributed by atoms with Gasteiger partial charge in [-0.1, -0.05) is 12.1 Å². The van der Waals surface area contributed by atoms with E-state index in [-0.39, 0.29) is 16.7 Å². The SMILES string of the molecule is O=C(O)c1ccc(C(=O)O)c(C(=O)c2ccc3c(c2)CCCC3)c1. The molecule has 2 aromatic rings. The second kappa shape index (κ2) is 6.28. The first kappa shape index (κ1) is 15.9. The van der Waals surface area contributed by atoms with Crippen LogP contribution in [-0.4, -0.2) is 27.9 Å². The van der Waals surface area contributed by atoms with Crippen molar-refractivity contribution in [2.24, 2.45) is 0 Å². The van der Waals surface area contributed by atoms with Gasteiger partial charge in [0.15, 0.2) is 5.78 Å². The van der Waals surface area contributed by atoms with E-state index in [1.165, 1.54) is 11.6 Å². The van der Waals surface area contributed by atoms with Crippen LogP contribution in [0, 0.1) is 0 Å². The van der Waals surface area contributed by atoms with E-state index in [4.69, 9.17) is 5.11 Å². The number of hydrogen-bond acceptors (Lipinski definition) is 3. The summed E-state index contributed by atoms with van der Waals surface area (Å²) in [4.78, 5) is 35.3. The summed E-state index contributed by atoms with van der Waals surface area (Å²) in [5.74, 6) is -2.93. The third-order valence-corrected chi connectivity index (χ3v) is 4.35. The number of carbonyl (C=O) groups excluding carboxylic acids is 1. The molecule has 0 heterocycles. The Hall–Kier alpha value is -2.95. The zero-order chi connectivity index (χ0) is 17.3. The van der Waals surface area contributed by atoms with E-state index in [2.05, 4.69) is 0 Å². The van der Waals surface area contributed by atoms with Crippen molar-refractivity contribution in [3.8, 4) is 0 Å². The number of carboxylic acids is 2. The second-order valence-electron chi connectivity index (χ2n) is 5.89. The summed E-state index contributed by atoms with van der Waals surface area (Å²) in [6.45, 7) is 0. The van der Waals surface area contributed by atoms with Gasteiger partial charge in [0, 0.05) is 11.1 Å². The minimum atomic E-state index is -1.26. The Morgan fingerprint density at radius 2 is 1.38 bits per heavy atom. The Bertz CT molecular complexity index is 851. The summed E-state index contributed by atoms with van der Waals surface area (Å²) in [5.41, 5.74) is 2.32. The Balaban J connectivity index is 2.07. The summed E-state index contributed by atoms with van der Waals surface area (Å²) in [7, 11) is 0. The lowest BCUT2D eigenvalue weighted by Crippen LogP contribution is -2.13. The smallest absolute Gasteiger partial charge is 0.336 e. The first-order chi connectivity index (χ1) is 11.5. The molecule has 5 heteroatoms. The van der Waals surface area contributed by atoms with Gasteiger partial charge in [0.2, 0.25) is 0 Å². The third-order valence-electron chi connectivity index (χ3n) is 4.35. The van der Waals surface area contributed by atoms with E-state index < -0.39 is 17.7 Å². The molecule has 0 saturated carbocycles. The van der Waals surface area contributed by atoms with Crippen molar-refractivity contribution in [2.75, 3.05) is 0 Å². The molecule has 24 heavy (non-hydrogen) atoms. The summed E-state index contributed by atoms with van der Waals surface area (Å²) in [5, 5.41) is 18.4. The number of aromatic carboxylic acids is 2. The third kappa shape index (κ3) is 2.93. The van der Waals surface area contributed by atoms with E-state index in [0.717, 1.165) is 43.4 Å². The highest BCUT2D eigenvalue weighted by molar-refractivity contribution is 6.15. The zero-order valence-electron chi connectivity index (χ0n) is 12.9. The molecule has 1 aliphatic rings. The topological polar surface area (TPSA) is 91.7 Å². The molecule has 0 fully saturated rings. The van der Waals surface area contributed by atoms with Crippen LogP contribution in [-0.2, 0) is 12.8 Å². The molecule has 0 aliphatic heterocycles. The fraction of sp³-hybridized carbons (Fsp3) is 0.211. The van der Waals surface area contributed by atoms with Crippen LogP contribution in [0.3, 0.4) is 0 Å². The molecule has 0 radical (unpaired) electrons. The Kier molecular flexibility index (Phi) is 4.16. The van der Waals surface area contributed by atoms with Gasteiger partial charge < -0.3 is 10.2 Å². The highest BCUT2D eigenvalue weighted by Crippen LogP contribution is 2.24. The molecule has 0 bridgehead atoms. The lowest BCUT2D eigenvalue weighted by Gasteiger charge is -2.16. The van der Waals surface area contributed by atoms with Crippen LogP contribution in [0.15, 0.2) is 36.4 Å². The van der Waals surface area contributed by atoms with Gasteiger partial charge in [-0.15, -0.1) is 0 Å². The van der Waals surface area contributed by atoms with Gasteiger partial charge in [-0.3, -0.25) is 4.79 Å². The number of carboxylic acid groups (broad SMARTS) is 2. The summed E-state index contributed by atoms with van der Waals surface area (Å²) >= 11 is 0. The number of carbonyl (C=O) groups is 3. The number of benzene rings is 2. The van der Waals surface area contributed by atoms with Gasteiger partial charge in [0.05, 0.1) is 11.1 Å². The predicted octanol–water partition coefficient (Wildman–Crippen LogP) is 3.19. The van der Waals surface area contributed by atoms with Crippen molar-refractivity contribution in [3.63, 3.8) is 0 Å². The van der Waals surface area contributed by atoms with Crippen LogP contribution < -0.4 is 0 Å². The fourth-order valence-corrected chi connectivity index (χ4v) is 3.08. The molecule has 1 aliphatic carbocycles. The molecular formula is C19H16O5. The number of aryl methyl sites for hydroxylation is 2. The normalized spacial score (nSPS) is 13.2. The number of hydrogen-bond donors (Lipinski definition) is 2. The average Bonchev–Trinajstić information content (AvgIpc) is 2.60. The lowest BCUT2D eigenvalue weighted by molar-refractivity contribution is 0.0679. The lowest BCUT2D eigenvalue weighted by atomic mass is 9.88. The first-order valence-corrected chi connectivity index (χ1v) is 7.74. The Morgan fingerprint density at radius 1 is 0.708 bits per heavy atom. The second-order valence-corrected chi connectivity index (χ2v) is 5.89. The molecule has 0 spiro atoms. The maximum atomic E-state index is 12.8. The van der Waals surface area contributed by atoms with E-state index >= 15 is 0 Å². The van der Waals surface area contributed by atoms with E-state index in [0.29, 0.717) is 5.56 Å². The minimum Gasteiger partial charge on any atom is -0.478 e. The Morgan fingerprint density at radius 3 is 2.04 bits per heavy atom. The molecule has 122 valence electrons. The summed E-state index contributed by atoms with van der Waals surface area (Å²) in [6, 6.07) is 8.88. The molecule has 3 rings (SSSR count). The van der Waals surface area contributed by atoms with Gasteiger partial charge in [0.1, 0.15) is 0 Å². The maximum absolute atomic E-state index is 12.8. The molecule has 0 atom stereocenters. The van der Waals surface area contributed by atoms with Crippen LogP contribution in [0.2, 0.25) is 0 Å². The summed E-state index contributed by atoms with van der Waals surface area (Å²) in [6.07, 6.45) is 4.08. The maximum Gasteiger partial charge on any atom is 0.336 e. The van der Waals surface area contributed by atoms with Gasteiger partial charge >= 0.3 is 11.9 Å². The quantitative estimate of drug-likeness (QED) is 0.843. The van der Waals surface area contributed by atoms with Gasteiger partial charge in [-0.05, 0) is 61.1 Å². The van der Waals surface area contributed by atoms with Crippen LogP contribution in [0.25, 0.3) is 0 Å². The number of fused-ring (bicyclic) bond motifs is 1. The zero-order valence-corrected chi connectivity index (χ0v) is 12.9. The molecule has 0 unspecified atom stereocenters. The van der Waals surface area contributed by atoms with Crippen molar-refractivity contribution in [2.45, 2.75) is 25.7 Å². The monoisotopic (exact) mass is 324 g/mol. The predicted molar refractivity (Wildman–Crippen MR) is 86.9 cm³/mol. The number of ketones is 1. The highest BCUT2D eigenvalue weighted by Gasteiger charge is 2.21. The molecule has 2 aromatic carbocycles. The fourth-order valence-electron chi connectivity index (χ4n) is 3.08. The van der Waals surface area contributed by atoms with Crippen LogP contribution in [0.4, 0.5) is 0 Å². The van der Waals surface area contributed by atoms with Gasteiger partial charge in [0.25, 0.3) is 0 Å².